The third-order valence-electron chi connectivity index (χ3n) is 4.72. The van der Waals surface area contributed by atoms with Gasteiger partial charge in [0.2, 0.25) is 11.8 Å². The molecule has 3 rings (SSSR count). The number of morpholine rings is 1. The lowest BCUT2D eigenvalue weighted by Crippen LogP contribution is -2.46. The van der Waals surface area contributed by atoms with Crippen LogP contribution in [-0.2, 0) is 9.47 Å². The van der Waals surface area contributed by atoms with E-state index in [1.165, 1.54) is 0 Å². The van der Waals surface area contributed by atoms with Crippen LogP contribution < -0.4 is 10.2 Å². The molecule has 1 aromatic heterocycles. The predicted molar refractivity (Wildman–Crippen MR) is 97.0 cm³/mol. The van der Waals surface area contributed by atoms with Gasteiger partial charge in [-0.1, -0.05) is 11.6 Å². The quantitative estimate of drug-likeness (QED) is 0.641. The number of likely N-dealkylation sites (tertiary alicyclic amines) is 1. The van der Waals surface area contributed by atoms with Crippen LogP contribution in [0.2, 0.25) is 5.15 Å². The highest BCUT2D eigenvalue weighted by atomic mass is 35.5. The molecule has 13 heteroatoms. The van der Waals surface area contributed by atoms with Gasteiger partial charge in [-0.3, -0.25) is 0 Å². The summed E-state index contributed by atoms with van der Waals surface area (Å²) in [7, 11) is 0. The fourth-order valence-corrected chi connectivity index (χ4v) is 3.34. The highest BCUT2D eigenvalue weighted by molar-refractivity contribution is 6.29. The van der Waals surface area contributed by atoms with Crippen molar-refractivity contribution in [1.82, 2.24) is 14.9 Å². The van der Waals surface area contributed by atoms with Crippen molar-refractivity contribution in [3.8, 4) is 0 Å². The van der Waals surface area contributed by atoms with Crippen LogP contribution in [0.25, 0.3) is 0 Å². The zero-order valence-electron chi connectivity index (χ0n) is 15.4. The summed E-state index contributed by atoms with van der Waals surface area (Å²) in [6.45, 7) is 0.529. The van der Waals surface area contributed by atoms with Crippen molar-refractivity contribution < 1.29 is 32.5 Å². The topological polar surface area (TPSA) is 100 Å². The Kier molecular flexibility index (Phi) is 6.85. The van der Waals surface area contributed by atoms with Gasteiger partial charge in [-0.2, -0.15) is 14.4 Å². The van der Waals surface area contributed by atoms with Crippen LogP contribution in [-0.4, -0.2) is 90.6 Å². The maximum absolute atomic E-state index is 14.5. The van der Waals surface area contributed by atoms with E-state index in [-0.39, 0.29) is 36.4 Å². The number of halogens is 4. The van der Waals surface area contributed by atoms with Crippen LogP contribution in [0, 0.1) is 5.82 Å². The van der Waals surface area contributed by atoms with Gasteiger partial charge in [-0.15, -0.1) is 0 Å². The molecular formula is C16H21ClF3N5O4. The number of rotatable bonds is 6. The number of alkyl halides is 2. The van der Waals surface area contributed by atoms with Gasteiger partial charge < -0.3 is 29.7 Å². The molecular weight excluding hydrogens is 419 g/mol. The molecule has 0 aromatic carbocycles. The molecule has 2 aliphatic rings. The molecule has 3 heterocycles. The maximum Gasteiger partial charge on any atom is 0.410 e. The van der Waals surface area contributed by atoms with Crippen LogP contribution in [0.3, 0.4) is 0 Å². The Hall–Kier alpha value is -2.05. The second kappa shape index (κ2) is 9.18. The minimum atomic E-state index is -2.78. The summed E-state index contributed by atoms with van der Waals surface area (Å²) < 4.78 is 48.8. The SMILES string of the molecule is O=C(OCC(F)F)N1CC[C@](CO)(Nc2nc(N3CCOCC3)nc(Cl)c2F)C1. The molecule has 0 unspecified atom stereocenters. The first kappa shape index (κ1) is 21.7. The van der Waals surface area contributed by atoms with E-state index in [1.807, 2.05) is 0 Å². The van der Waals surface area contributed by atoms with Crippen molar-refractivity contribution in [2.45, 2.75) is 18.4 Å². The summed E-state index contributed by atoms with van der Waals surface area (Å²) in [5.74, 6) is -0.903. The number of anilines is 2. The Labute approximate surface area is 169 Å². The fourth-order valence-electron chi connectivity index (χ4n) is 3.17. The number of amides is 1. The lowest BCUT2D eigenvalue weighted by molar-refractivity contribution is 0.0339. The molecule has 0 aliphatic carbocycles. The minimum absolute atomic E-state index is 0.0838. The molecule has 0 radical (unpaired) electrons. The zero-order chi connectivity index (χ0) is 21.0. The number of nitrogens with one attached hydrogen (secondary N) is 1. The van der Waals surface area contributed by atoms with Gasteiger partial charge in [-0.25, -0.2) is 13.6 Å². The summed E-state index contributed by atoms with van der Waals surface area (Å²) in [5.41, 5.74) is -1.13. The van der Waals surface area contributed by atoms with Crippen molar-refractivity contribution >= 4 is 29.5 Å². The average molecular weight is 440 g/mol. The molecule has 29 heavy (non-hydrogen) atoms. The van der Waals surface area contributed by atoms with E-state index in [9.17, 15) is 23.1 Å². The summed E-state index contributed by atoms with van der Waals surface area (Å²) >= 11 is 5.92. The van der Waals surface area contributed by atoms with Crippen LogP contribution in [0.5, 0.6) is 0 Å². The summed E-state index contributed by atoms with van der Waals surface area (Å²) in [6.07, 6.45) is -3.49. The number of hydrogen-bond donors (Lipinski definition) is 2. The Bertz CT molecular complexity index is 741. The Morgan fingerprint density at radius 1 is 1.34 bits per heavy atom. The smallest absolute Gasteiger partial charge is 0.410 e. The maximum atomic E-state index is 14.5. The largest absolute Gasteiger partial charge is 0.443 e. The second-order valence-electron chi connectivity index (χ2n) is 6.78. The summed E-state index contributed by atoms with van der Waals surface area (Å²) in [5, 5.41) is 12.3. The first-order valence-electron chi connectivity index (χ1n) is 8.98. The van der Waals surface area contributed by atoms with E-state index in [0.29, 0.717) is 26.3 Å². The molecule has 2 saturated heterocycles. The number of ether oxygens (including phenoxy) is 2. The molecule has 1 aromatic rings. The molecule has 0 bridgehead atoms. The van der Waals surface area contributed by atoms with Crippen LogP contribution in [0.4, 0.5) is 29.7 Å². The predicted octanol–water partition coefficient (Wildman–Crippen LogP) is 1.36. The molecule has 1 amide bonds. The van der Waals surface area contributed by atoms with E-state index in [1.54, 1.807) is 4.90 Å². The average Bonchev–Trinajstić information content (AvgIpc) is 3.15. The highest BCUT2D eigenvalue weighted by Gasteiger charge is 2.41. The molecule has 9 nitrogen and oxygen atoms in total. The number of aliphatic hydroxyl groups is 1. The van der Waals surface area contributed by atoms with Crippen molar-refractivity contribution in [3.05, 3.63) is 11.0 Å². The highest BCUT2D eigenvalue weighted by Crippen LogP contribution is 2.30. The molecule has 2 fully saturated rings. The Morgan fingerprint density at radius 2 is 2.07 bits per heavy atom. The molecule has 1 atom stereocenters. The fraction of sp³-hybridized carbons (Fsp3) is 0.688. The molecule has 0 saturated carbocycles. The van der Waals surface area contributed by atoms with Gasteiger partial charge >= 0.3 is 6.09 Å². The standard InChI is InChI=1S/C16H21ClF3N5O4/c17-12-11(20)13(22-14(21-12)24-3-5-28-6-4-24)23-16(9-26)1-2-25(8-16)15(27)29-7-10(18)19/h10,26H,1-9H2,(H,21,22,23)/t16-/m0/s1. The monoisotopic (exact) mass is 439 g/mol. The zero-order valence-corrected chi connectivity index (χ0v) is 16.2. The second-order valence-corrected chi connectivity index (χ2v) is 7.14. The molecule has 2 aliphatic heterocycles. The van der Waals surface area contributed by atoms with Crippen molar-refractivity contribution in [1.29, 1.82) is 0 Å². The first-order valence-corrected chi connectivity index (χ1v) is 9.36. The summed E-state index contributed by atoms with van der Waals surface area (Å²) in [4.78, 5) is 23.0. The Morgan fingerprint density at radius 3 is 2.72 bits per heavy atom. The number of carbonyl (C=O) groups excluding carboxylic acids is 1. The lowest BCUT2D eigenvalue weighted by atomic mass is 10.00. The Balaban J connectivity index is 1.75. The van der Waals surface area contributed by atoms with E-state index in [2.05, 4.69) is 20.0 Å². The first-order chi connectivity index (χ1) is 13.8. The van der Waals surface area contributed by atoms with Gasteiger partial charge in [0.15, 0.2) is 17.6 Å². The minimum Gasteiger partial charge on any atom is -0.443 e. The third kappa shape index (κ3) is 5.11. The number of aromatic nitrogens is 2. The van der Waals surface area contributed by atoms with Crippen LogP contribution in [0.15, 0.2) is 0 Å². The number of nitrogens with zero attached hydrogens (tertiary/aromatic N) is 4. The number of carbonyl (C=O) groups is 1. The lowest BCUT2D eigenvalue weighted by Gasteiger charge is -2.30. The van der Waals surface area contributed by atoms with Gasteiger partial charge in [0, 0.05) is 26.2 Å². The van der Waals surface area contributed by atoms with E-state index in [4.69, 9.17) is 16.3 Å². The van der Waals surface area contributed by atoms with Crippen LogP contribution in [0.1, 0.15) is 6.42 Å². The molecule has 0 spiro atoms. The van der Waals surface area contributed by atoms with Crippen molar-refractivity contribution in [2.75, 3.05) is 62.8 Å². The number of hydrogen-bond acceptors (Lipinski definition) is 8. The third-order valence-corrected chi connectivity index (χ3v) is 4.97. The molecule has 162 valence electrons. The van der Waals surface area contributed by atoms with Gasteiger partial charge in [0.05, 0.1) is 25.4 Å². The van der Waals surface area contributed by atoms with E-state index in [0.717, 1.165) is 4.90 Å². The van der Waals surface area contributed by atoms with Crippen molar-refractivity contribution in [2.24, 2.45) is 0 Å². The summed E-state index contributed by atoms with van der Waals surface area (Å²) in [6, 6.07) is 0. The van der Waals surface area contributed by atoms with Crippen LogP contribution >= 0.6 is 11.6 Å². The number of aliphatic hydroxyl groups excluding tert-OH is 1. The normalized spacial score (nSPS) is 22.3. The van der Waals surface area contributed by atoms with E-state index >= 15 is 0 Å². The van der Waals surface area contributed by atoms with Gasteiger partial charge in [-0.05, 0) is 6.42 Å². The van der Waals surface area contributed by atoms with Gasteiger partial charge in [0.25, 0.3) is 6.43 Å². The molecule has 2 N–H and O–H groups in total. The van der Waals surface area contributed by atoms with E-state index < -0.39 is 37.1 Å². The van der Waals surface area contributed by atoms with Gasteiger partial charge in [0.1, 0.15) is 0 Å². The van der Waals surface area contributed by atoms with Crippen molar-refractivity contribution in [3.63, 3.8) is 0 Å².